The highest BCUT2D eigenvalue weighted by atomic mass is 32.1. The summed E-state index contributed by atoms with van der Waals surface area (Å²) >= 11 is 1.35. The van der Waals surface area contributed by atoms with Crippen LogP contribution < -0.4 is 10.2 Å². The number of carbonyl (C=O) groups excluding carboxylic acids is 2. The van der Waals surface area contributed by atoms with Crippen LogP contribution >= 0.6 is 11.3 Å². The first kappa shape index (κ1) is 27.8. The van der Waals surface area contributed by atoms with Crippen LogP contribution in [0.5, 0.6) is 5.75 Å². The Morgan fingerprint density at radius 3 is 2.00 bits per heavy atom. The normalized spacial score (nSPS) is 11.1. The van der Waals surface area contributed by atoms with Crippen molar-refractivity contribution in [2.45, 2.75) is 96.8 Å². The molecule has 186 valence electrons. The van der Waals surface area contributed by atoms with Crippen LogP contribution in [0.3, 0.4) is 0 Å². The number of ether oxygens (including phenoxy) is 1. The lowest BCUT2D eigenvalue weighted by Gasteiger charge is -2.03. The maximum Gasteiger partial charge on any atom is 0.353 e. The molecule has 2 rings (SSSR count). The number of unbranched alkanes of at least 4 members (excludes halogenated alkanes) is 12. The summed E-state index contributed by atoms with van der Waals surface area (Å²) in [6, 6.07) is 10.5. The summed E-state index contributed by atoms with van der Waals surface area (Å²) < 4.78 is 5.33. The number of thiophene rings is 1. The van der Waals surface area contributed by atoms with Gasteiger partial charge in [-0.3, -0.25) is 4.79 Å². The number of hydrogen-bond donors (Lipinski definition) is 1. The number of rotatable bonds is 18. The zero-order valence-corrected chi connectivity index (χ0v) is 21.4. The van der Waals surface area contributed by atoms with Gasteiger partial charge in [0.1, 0.15) is 10.6 Å². The highest BCUT2D eigenvalue weighted by molar-refractivity contribution is 7.12. The van der Waals surface area contributed by atoms with Crippen LogP contribution in [0, 0.1) is 0 Å². The summed E-state index contributed by atoms with van der Waals surface area (Å²) in [5.41, 5.74) is 3.40. The minimum Gasteiger partial charge on any atom is -0.422 e. The van der Waals surface area contributed by atoms with Crippen LogP contribution in [0.15, 0.2) is 46.9 Å². The van der Waals surface area contributed by atoms with Gasteiger partial charge in [0.15, 0.2) is 0 Å². The van der Waals surface area contributed by atoms with E-state index in [1.165, 1.54) is 82.0 Å². The molecule has 1 aromatic carbocycles. The zero-order valence-electron chi connectivity index (χ0n) is 20.6. The lowest BCUT2D eigenvalue weighted by Crippen LogP contribution is -2.16. The molecule has 0 spiro atoms. The third-order valence-corrected chi connectivity index (χ3v) is 6.57. The topological polar surface area (TPSA) is 67.8 Å². The van der Waals surface area contributed by atoms with E-state index >= 15 is 0 Å². The van der Waals surface area contributed by atoms with E-state index in [2.05, 4.69) is 17.5 Å². The van der Waals surface area contributed by atoms with Crippen LogP contribution in [0.4, 0.5) is 0 Å². The monoisotopic (exact) mass is 484 g/mol. The first-order valence-electron chi connectivity index (χ1n) is 12.9. The van der Waals surface area contributed by atoms with E-state index in [9.17, 15) is 9.59 Å². The summed E-state index contributed by atoms with van der Waals surface area (Å²) in [6.07, 6.45) is 18.9. The highest BCUT2D eigenvalue weighted by Crippen LogP contribution is 2.16. The van der Waals surface area contributed by atoms with Gasteiger partial charge >= 0.3 is 5.97 Å². The Morgan fingerprint density at radius 1 is 0.853 bits per heavy atom. The van der Waals surface area contributed by atoms with Crippen molar-refractivity contribution in [2.75, 3.05) is 0 Å². The molecular weight excluding hydrogens is 444 g/mol. The molecular formula is C28H40N2O3S. The standard InChI is InChI=1S/C28H40N2O3S/c1-2-3-4-5-6-7-8-9-10-11-12-13-14-17-27(31)30-29-23-24-18-20-25(21-19-24)33-28(32)26-16-15-22-34-26/h15-16,18-23H,2-14,17H2,1H3,(H,30,31)/b29-23-. The molecule has 0 saturated heterocycles. The average molecular weight is 485 g/mol. The molecule has 0 aliphatic heterocycles. The Kier molecular flexibility index (Phi) is 14.6. The second-order valence-electron chi connectivity index (χ2n) is 8.72. The van der Waals surface area contributed by atoms with Crippen LogP contribution in [0.1, 0.15) is 112 Å². The van der Waals surface area contributed by atoms with Gasteiger partial charge in [0.05, 0.1) is 6.21 Å². The predicted molar refractivity (Wildman–Crippen MR) is 142 cm³/mol. The summed E-state index contributed by atoms with van der Waals surface area (Å²) in [5.74, 6) is 0.0552. The fourth-order valence-electron chi connectivity index (χ4n) is 3.71. The summed E-state index contributed by atoms with van der Waals surface area (Å²) in [6.45, 7) is 2.26. The number of esters is 1. The van der Waals surface area contributed by atoms with Gasteiger partial charge in [-0.1, -0.05) is 90.0 Å². The van der Waals surface area contributed by atoms with Gasteiger partial charge < -0.3 is 4.74 Å². The van der Waals surface area contributed by atoms with E-state index in [0.29, 0.717) is 17.0 Å². The first-order chi connectivity index (χ1) is 16.7. The van der Waals surface area contributed by atoms with Gasteiger partial charge in [-0.2, -0.15) is 5.10 Å². The summed E-state index contributed by atoms with van der Waals surface area (Å²) in [7, 11) is 0. The Morgan fingerprint density at radius 2 is 1.44 bits per heavy atom. The van der Waals surface area contributed by atoms with Crippen LogP contribution in [0.2, 0.25) is 0 Å². The van der Waals surface area contributed by atoms with E-state index < -0.39 is 0 Å². The molecule has 1 amide bonds. The fraction of sp³-hybridized carbons (Fsp3) is 0.536. The van der Waals surface area contributed by atoms with E-state index in [4.69, 9.17) is 4.74 Å². The smallest absolute Gasteiger partial charge is 0.353 e. The number of nitrogens with zero attached hydrogens (tertiary/aromatic N) is 1. The molecule has 0 saturated carbocycles. The van der Waals surface area contributed by atoms with Crippen molar-refractivity contribution in [2.24, 2.45) is 5.10 Å². The van der Waals surface area contributed by atoms with Gasteiger partial charge in [0, 0.05) is 6.42 Å². The fourth-order valence-corrected chi connectivity index (χ4v) is 4.31. The summed E-state index contributed by atoms with van der Waals surface area (Å²) in [5, 5.41) is 5.86. The van der Waals surface area contributed by atoms with Crippen molar-refractivity contribution in [3.8, 4) is 5.75 Å². The number of hydrogen-bond acceptors (Lipinski definition) is 5. The van der Waals surface area contributed by atoms with Crippen molar-refractivity contribution in [3.63, 3.8) is 0 Å². The molecule has 34 heavy (non-hydrogen) atoms. The van der Waals surface area contributed by atoms with Crippen molar-refractivity contribution < 1.29 is 14.3 Å². The summed E-state index contributed by atoms with van der Waals surface area (Å²) in [4.78, 5) is 24.5. The molecule has 0 aliphatic carbocycles. The van der Waals surface area contributed by atoms with Gasteiger partial charge in [-0.25, -0.2) is 10.2 Å². The quantitative estimate of drug-likeness (QED) is 0.0768. The van der Waals surface area contributed by atoms with Crippen molar-refractivity contribution in [1.29, 1.82) is 0 Å². The van der Waals surface area contributed by atoms with Gasteiger partial charge in [0.25, 0.3) is 0 Å². The molecule has 5 nitrogen and oxygen atoms in total. The molecule has 0 radical (unpaired) electrons. The molecule has 1 N–H and O–H groups in total. The van der Waals surface area contributed by atoms with Crippen LogP contribution in [-0.4, -0.2) is 18.1 Å². The van der Waals surface area contributed by atoms with Gasteiger partial charge in [0.2, 0.25) is 5.91 Å². The third-order valence-electron chi connectivity index (χ3n) is 5.72. The van der Waals surface area contributed by atoms with Crippen LogP contribution in [0.25, 0.3) is 0 Å². The van der Waals surface area contributed by atoms with Gasteiger partial charge in [-0.15, -0.1) is 11.3 Å². The van der Waals surface area contributed by atoms with Crippen LogP contribution in [-0.2, 0) is 4.79 Å². The van der Waals surface area contributed by atoms with E-state index in [1.807, 2.05) is 11.4 Å². The second kappa shape index (κ2) is 17.9. The maximum absolute atomic E-state index is 12.0. The number of carbonyl (C=O) groups is 2. The van der Waals surface area contributed by atoms with E-state index in [1.54, 1.807) is 36.5 Å². The molecule has 2 aromatic rings. The molecule has 0 fully saturated rings. The molecule has 6 heteroatoms. The lowest BCUT2D eigenvalue weighted by molar-refractivity contribution is -0.121. The van der Waals surface area contributed by atoms with E-state index in [-0.39, 0.29) is 11.9 Å². The Balaban J connectivity index is 1.46. The number of hydrazone groups is 1. The number of benzene rings is 1. The molecule has 0 unspecified atom stereocenters. The molecule has 1 heterocycles. The highest BCUT2D eigenvalue weighted by Gasteiger charge is 2.09. The first-order valence-corrected chi connectivity index (χ1v) is 13.7. The SMILES string of the molecule is CCCCCCCCCCCCCCCC(=O)N/N=C\c1ccc(OC(=O)c2cccs2)cc1. The lowest BCUT2D eigenvalue weighted by atomic mass is 10.0. The second-order valence-corrected chi connectivity index (χ2v) is 9.67. The number of amides is 1. The molecule has 0 aliphatic rings. The minimum atomic E-state index is -0.364. The Hall–Kier alpha value is -2.47. The van der Waals surface area contributed by atoms with E-state index in [0.717, 1.165) is 18.4 Å². The third kappa shape index (κ3) is 12.7. The largest absolute Gasteiger partial charge is 0.422 e. The predicted octanol–water partition coefficient (Wildman–Crippen LogP) is 7.90. The zero-order chi connectivity index (χ0) is 24.3. The van der Waals surface area contributed by atoms with Crippen molar-refractivity contribution >= 4 is 29.4 Å². The Labute approximate surface area is 209 Å². The van der Waals surface area contributed by atoms with Gasteiger partial charge in [-0.05, 0) is 47.7 Å². The minimum absolute atomic E-state index is 0.0548. The average Bonchev–Trinajstić information content (AvgIpc) is 3.38. The molecule has 1 aromatic heterocycles. The Bertz CT molecular complexity index is 832. The van der Waals surface area contributed by atoms with Crippen molar-refractivity contribution in [3.05, 3.63) is 52.2 Å². The van der Waals surface area contributed by atoms with Crippen molar-refractivity contribution in [1.82, 2.24) is 5.43 Å². The maximum atomic E-state index is 12.0. The molecule has 0 bridgehead atoms. The number of nitrogens with one attached hydrogen (secondary N) is 1. The molecule has 0 atom stereocenters.